The van der Waals surface area contributed by atoms with Crippen LogP contribution in [-0.4, -0.2) is 19.8 Å². The quantitative estimate of drug-likeness (QED) is 0.771. The van der Waals surface area contributed by atoms with E-state index in [9.17, 15) is 0 Å². The minimum atomic E-state index is 0.374. The molecular formula is C12H17NO. The normalized spacial score (nSPS) is 21.4. The van der Waals surface area contributed by atoms with E-state index in [4.69, 9.17) is 4.74 Å². The number of ether oxygens (including phenoxy) is 1. The number of rotatable bonds is 2. The Morgan fingerprint density at radius 1 is 1.43 bits per heavy atom. The van der Waals surface area contributed by atoms with Gasteiger partial charge >= 0.3 is 0 Å². The van der Waals surface area contributed by atoms with Crippen LogP contribution in [0.1, 0.15) is 24.1 Å². The summed E-state index contributed by atoms with van der Waals surface area (Å²) in [6.45, 7) is 4.76. The predicted octanol–water partition coefficient (Wildman–Crippen LogP) is 1.91. The topological polar surface area (TPSA) is 21.3 Å². The van der Waals surface area contributed by atoms with Crippen LogP contribution >= 0.6 is 0 Å². The van der Waals surface area contributed by atoms with Gasteiger partial charge in [-0.15, -0.1) is 0 Å². The molecule has 1 atom stereocenters. The number of hydrogen-bond acceptors (Lipinski definition) is 2. The standard InChI is InChI=1S/C12H17NO/c1-2-13-12-9-14-8-7-10-5-3-4-6-11(10)12/h3-6,12-13H,2,7-9H2,1H3. The molecule has 0 saturated heterocycles. The van der Waals surface area contributed by atoms with Crippen molar-refractivity contribution < 1.29 is 4.74 Å². The number of nitrogens with one attached hydrogen (secondary N) is 1. The number of hydrogen-bond donors (Lipinski definition) is 1. The highest BCUT2D eigenvalue weighted by Crippen LogP contribution is 2.21. The molecule has 1 unspecified atom stereocenters. The number of likely N-dealkylation sites (N-methyl/N-ethyl adjacent to an activating group) is 1. The van der Waals surface area contributed by atoms with Gasteiger partial charge in [-0.3, -0.25) is 0 Å². The van der Waals surface area contributed by atoms with Gasteiger partial charge in [0.15, 0.2) is 0 Å². The Kier molecular flexibility index (Phi) is 3.17. The molecule has 1 heterocycles. The fourth-order valence-corrected chi connectivity index (χ4v) is 1.99. The van der Waals surface area contributed by atoms with E-state index in [0.717, 1.165) is 26.2 Å². The van der Waals surface area contributed by atoms with Crippen molar-refractivity contribution in [3.8, 4) is 0 Å². The van der Waals surface area contributed by atoms with Crippen LogP contribution in [0.5, 0.6) is 0 Å². The van der Waals surface area contributed by atoms with E-state index in [1.165, 1.54) is 11.1 Å². The molecule has 0 bridgehead atoms. The van der Waals surface area contributed by atoms with Crippen molar-refractivity contribution in [1.82, 2.24) is 5.32 Å². The highest BCUT2D eigenvalue weighted by Gasteiger charge is 2.16. The average Bonchev–Trinajstić information content (AvgIpc) is 2.42. The van der Waals surface area contributed by atoms with E-state index in [1.54, 1.807) is 0 Å². The molecular weight excluding hydrogens is 174 g/mol. The summed E-state index contributed by atoms with van der Waals surface area (Å²) in [4.78, 5) is 0. The minimum Gasteiger partial charge on any atom is -0.379 e. The van der Waals surface area contributed by atoms with Crippen LogP contribution in [0.25, 0.3) is 0 Å². The molecule has 2 heteroatoms. The van der Waals surface area contributed by atoms with E-state index in [0.29, 0.717) is 6.04 Å². The number of benzene rings is 1. The first-order valence-electron chi connectivity index (χ1n) is 5.30. The fraction of sp³-hybridized carbons (Fsp3) is 0.500. The first kappa shape index (κ1) is 9.69. The third kappa shape index (κ3) is 1.97. The lowest BCUT2D eigenvalue weighted by Crippen LogP contribution is -2.24. The van der Waals surface area contributed by atoms with Gasteiger partial charge in [-0.2, -0.15) is 0 Å². The Bertz CT molecular complexity index is 298. The van der Waals surface area contributed by atoms with Crippen molar-refractivity contribution in [2.45, 2.75) is 19.4 Å². The van der Waals surface area contributed by atoms with E-state index >= 15 is 0 Å². The van der Waals surface area contributed by atoms with Crippen LogP contribution in [0.15, 0.2) is 24.3 Å². The second kappa shape index (κ2) is 4.58. The average molecular weight is 191 g/mol. The Morgan fingerprint density at radius 3 is 3.14 bits per heavy atom. The molecule has 1 aromatic rings. The van der Waals surface area contributed by atoms with Gasteiger partial charge in [-0.25, -0.2) is 0 Å². The monoisotopic (exact) mass is 191 g/mol. The molecule has 0 aliphatic carbocycles. The second-order valence-corrected chi connectivity index (χ2v) is 3.63. The van der Waals surface area contributed by atoms with E-state index in [2.05, 4.69) is 36.5 Å². The van der Waals surface area contributed by atoms with Crippen LogP contribution < -0.4 is 5.32 Å². The third-order valence-electron chi connectivity index (χ3n) is 2.68. The van der Waals surface area contributed by atoms with Gasteiger partial charge in [0.2, 0.25) is 0 Å². The van der Waals surface area contributed by atoms with E-state index in [-0.39, 0.29) is 0 Å². The maximum Gasteiger partial charge on any atom is 0.0661 e. The van der Waals surface area contributed by atoms with Crippen LogP contribution in [0.4, 0.5) is 0 Å². The molecule has 14 heavy (non-hydrogen) atoms. The Balaban J connectivity index is 2.27. The van der Waals surface area contributed by atoms with Crippen molar-refractivity contribution >= 4 is 0 Å². The summed E-state index contributed by atoms with van der Waals surface area (Å²) < 4.78 is 5.58. The van der Waals surface area contributed by atoms with Crippen LogP contribution in [0, 0.1) is 0 Å². The fourth-order valence-electron chi connectivity index (χ4n) is 1.99. The van der Waals surface area contributed by atoms with Gasteiger partial charge in [-0.1, -0.05) is 31.2 Å². The smallest absolute Gasteiger partial charge is 0.0661 e. The molecule has 2 rings (SSSR count). The highest BCUT2D eigenvalue weighted by atomic mass is 16.5. The van der Waals surface area contributed by atoms with Crippen LogP contribution in [0.2, 0.25) is 0 Å². The van der Waals surface area contributed by atoms with Crippen molar-refractivity contribution in [1.29, 1.82) is 0 Å². The van der Waals surface area contributed by atoms with Crippen LogP contribution in [0.3, 0.4) is 0 Å². The van der Waals surface area contributed by atoms with E-state index in [1.807, 2.05) is 0 Å². The summed E-state index contributed by atoms with van der Waals surface area (Å²) in [7, 11) is 0. The Labute approximate surface area is 85.3 Å². The summed E-state index contributed by atoms with van der Waals surface area (Å²) >= 11 is 0. The summed E-state index contributed by atoms with van der Waals surface area (Å²) in [6, 6.07) is 8.99. The molecule has 2 nitrogen and oxygen atoms in total. The highest BCUT2D eigenvalue weighted by molar-refractivity contribution is 5.31. The lowest BCUT2D eigenvalue weighted by atomic mass is 10.00. The second-order valence-electron chi connectivity index (χ2n) is 3.63. The lowest BCUT2D eigenvalue weighted by molar-refractivity contribution is 0.122. The SMILES string of the molecule is CCNC1COCCc2ccccc21. The first-order valence-corrected chi connectivity index (χ1v) is 5.30. The van der Waals surface area contributed by atoms with Gasteiger partial charge in [0.05, 0.1) is 19.3 Å². The summed E-state index contributed by atoms with van der Waals surface area (Å²) in [6.07, 6.45) is 1.04. The Morgan fingerprint density at radius 2 is 2.29 bits per heavy atom. The van der Waals surface area contributed by atoms with Crippen LogP contribution in [-0.2, 0) is 11.2 Å². The van der Waals surface area contributed by atoms with Gasteiger partial charge in [0.25, 0.3) is 0 Å². The van der Waals surface area contributed by atoms with E-state index < -0.39 is 0 Å². The third-order valence-corrected chi connectivity index (χ3v) is 2.68. The minimum absolute atomic E-state index is 0.374. The zero-order valence-electron chi connectivity index (χ0n) is 8.62. The summed E-state index contributed by atoms with van der Waals surface area (Å²) in [5.41, 5.74) is 2.84. The molecule has 1 aliphatic heterocycles. The van der Waals surface area contributed by atoms with Gasteiger partial charge in [0, 0.05) is 0 Å². The zero-order valence-corrected chi connectivity index (χ0v) is 8.62. The maximum atomic E-state index is 5.58. The number of fused-ring (bicyclic) bond motifs is 1. The molecule has 76 valence electrons. The van der Waals surface area contributed by atoms with Gasteiger partial charge in [0.1, 0.15) is 0 Å². The molecule has 0 fully saturated rings. The largest absolute Gasteiger partial charge is 0.379 e. The summed E-state index contributed by atoms with van der Waals surface area (Å²) in [5.74, 6) is 0. The first-order chi connectivity index (χ1) is 6.92. The summed E-state index contributed by atoms with van der Waals surface area (Å²) in [5, 5.41) is 3.46. The molecule has 0 amide bonds. The molecule has 1 aliphatic rings. The molecule has 1 aromatic carbocycles. The Hall–Kier alpha value is -0.860. The van der Waals surface area contributed by atoms with Gasteiger partial charge < -0.3 is 10.1 Å². The molecule has 0 aromatic heterocycles. The lowest BCUT2D eigenvalue weighted by Gasteiger charge is -2.17. The predicted molar refractivity (Wildman–Crippen MR) is 57.4 cm³/mol. The van der Waals surface area contributed by atoms with Crippen molar-refractivity contribution in [2.75, 3.05) is 19.8 Å². The molecule has 0 spiro atoms. The maximum absolute atomic E-state index is 5.58. The molecule has 0 radical (unpaired) electrons. The molecule has 0 saturated carbocycles. The van der Waals surface area contributed by atoms with Crippen molar-refractivity contribution in [3.63, 3.8) is 0 Å². The molecule has 1 N–H and O–H groups in total. The van der Waals surface area contributed by atoms with Crippen molar-refractivity contribution in [2.24, 2.45) is 0 Å². The van der Waals surface area contributed by atoms with Gasteiger partial charge in [-0.05, 0) is 24.1 Å². The van der Waals surface area contributed by atoms with Crippen molar-refractivity contribution in [3.05, 3.63) is 35.4 Å². The zero-order chi connectivity index (χ0) is 9.80.